The summed E-state index contributed by atoms with van der Waals surface area (Å²) in [6, 6.07) is 17.1. The molecule has 12 heteroatoms. The molecule has 0 atom stereocenters. The Morgan fingerprint density at radius 2 is 1.44 bits per heavy atom. The lowest BCUT2D eigenvalue weighted by Crippen LogP contribution is -2.44. The molecule has 3 rings (SSSR count). The summed E-state index contributed by atoms with van der Waals surface area (Å²) < 4.78 is 55.8. The number of sulfonamides is 1. The molecule has 3 aromatic rings. The van der Waals surface area contributed by atoms with Crippen LogP contribution in [0.4, 0.5) is 17.1 Å². The van der Waals surface area contributed by atoms with Crippen molar-refractivity contribution >= 4 is 54.8 Å². The van der Waals surface area contributed by atoms with Gasteiger partial charge in [0, 0.05) is 30.5 Å². The van der Waals surface area contributed by atoms with Crippen LogP contribution >= 0.6 is 11.6 Å². The quantitative estimate of drug-likeness (QED) is 0.417. The van der Waals surface area contributed by atoms with Crippen LogP contribution in [-0.4, -0.2) is 47.7 Å². The van der Waals surface area contributed by atoms with Gasteiger partial charge in [0.05, 0.1) is 10.6 Å². The highest BCUT2D eigenvalue weighted by Crippen LogP contribution is 2.26. The SMILES string of the molecule is Cc1ccc(C)c(N(CC(=O)Nc2ccc(S(=O)(=O)Nc3ccc(Cl)cc3)cc2)S(=O)(=O)N(C)C)c1. The summed E-state index contributed by atoms with van der Waals surface area (Å²) in [6.07, 6.45) is 0. The van der Waals surface area contributed by atoms with E-state index in [0.717, 1.165) is 14.2 Å². The Bertz CT molecular complexity index is 1460. The number of aryl methyl sites for hydroxylation is 2. The van der Waals surface area contributed by atoms with Crippen LogP contribution in [0.1, 0.15) is 11.1 Å². The number of benzene rings is 3. The van der Waals surface area contributed by atoms with Gasteiger partial charge < -0.3 is 5.32 Å². The van der Waals surface area contributed by atoms with Crippen LogP contribution in [0.2, 0.25) is 5.02 Å². The van der Waals surface area contributed by atoms with Crippen LogP contribution in [0.5, 0.6) is 0 Å². The molecule has 0 aliphatic carbocycles. The number of hydrogen-bond donors (Lipinski definition) is 2. The average Bonchev–Trinajstić information content (AvgIpc) is 2.81. The predicted octanol–water partition coefficient (Wildman–Crippen LogP) is 4.01. The molecule has 1 amide bonds. The van der Waals surface area contributed by atoms with E-state index < -0.39 is 32.7 Å². The molecule has 9 nitrogen and oxygen atoms in total. The third-order valence-corrected chi connectivity index (χ3v) is 8.66. The van der Waals surface area contributed by atoms with E-state index in [9.17, 15) is 21.6 Å². The molecule has 0 saturated heterocycles. The lowest BCUT2D eigenvalue weighted by Gasteiger charge is -2.28. The van der Waals surface area contributed by atoms with Crippen molar-refractivity contribution in [1.82, 2.24) is 4.31 Å². The summed E-state index contributed by atoms with van der Waals surface area (Å²) in [4.78, 5) is 12.8. The van der Waals surface area contributed by atoms with Crippen LogP contribution in [0.15, 0.2) is 71.6 Å². The molecule has 192 valence electrons. The first-order chi connectivity index (χ1) is 16.8. The number of nitrogens with zero attached hydrogens (tertiary/aromatic N) is 2. The minimum atomic E-state index is -3.97. The predicted molar refractivity (Wildman–Crippen MR) is 143 cm³/mol. The fourth-order valence-corrected chi connectivity index (χ4v) is 5.56. The fourth-order valence-electron chi connectivity index (χ4n) is 3.26. The second kappa shape index (κ2) is 10.9. The van der Waals surface area contributed by atoms with Gasteiger partial charge in [-0.15, -0.1) is 0 Å². The number of carbonyl (C=O) groups is 1. The molecule has 0 bridgehead atoms. The zero-order valence-electron chi connectivity index (χ0n) is 20.2. The summed E-state index contributed by atoms with van der Waals surface area (Å²) in [5.41, 5.74) is 2.60. The van der Waals surface area contributed by atoms with E-state index >= 15 is 0 Å². The summed E-state index contributed by atoms with van der Waals surface area (Å²) in [7, 11) is -5.05. The van der Waals surface area contributed by atoms with E-state index in [2.05, 4.69) is 10.0 Å². The second-order valence-corrected chi connectivity index (χ2v) is 12.5. The Balaban J connectivity index is 1.77. The van der Waals surface area contributed by atoms with Gasteiger partial charge in [0.25, 0.3) is 10.0 Å². The van der Waals surface area contributed by atoms with Crippen molar-refractivity contribution in [1.29, 1.82) is 0 Å². The van der Waals surface area contributed by atoms with Crippen molar-refractivity contribution in [3.05, 3.63) is 82.9 Å². The highest BCUT2D eigenvalue weighted by molar-refractivity contribution is 7.92. The summed E-state index contributed by atoms with van der Waals surface area (Å²) >= 11 is 5.83. The first-order valence-corrected chi connectivity index (χ1v) is 14.0. The van der Waals surface area contributed by atoms with E-state index in [1.54, 1.807) is 31.2 Å². The highest BCUT2D eigenvalue weighted by atomic mass is 35.5. The van der Waals surface area contributed by atoms with Gasteiger partial charge in [0.15, 0.2) is 0 Å². The monoisotopic (exact) mass is 550 g/mol. The zero-order chi connectivity index (χ0) is 26.7. The Labute approximate surface area is 216 Å². The molecule has 0 fully saturated rings. The van der Waals surface area contributed by atoms with Gasteiger partial charge in [-0.1, -0.05) is 23.7 Å². The molecule has 0 radical (unpaired) electrons. The van der Waals surface area contributed by atoms with E-state index in [1.165, 1.54) is 50.5 Å². The third kappa shape index (κ3) is 6.55. The maximum absolute atomic E-state index is 13.0. The molecule has 36 heavy (non-hydrogen) atoms. The van der Waals surface area contributed by atoms with Gasteiger partial charge in [-0.05, 0) is 79.6 Å². The number of halogens is 1. The minimum Gasteiger partial charge on any atom is -0.325 e. The van der Waals surface area contributed by atoms with Crippen LogP contribution in [0.25, 0.3) is 0 Å². The molecular weight excluding hydrogens is 524 g/mol. The van der Waals surface area contributed by atoms with Crippen molar-refractivity contribution < 1.29 is 21.6 Å². The molecule has 0 aromatic heterocycles. The molecule has 0 saturated carbocycles. The number of nitrogens with one attached hydrogen (secondary N) is 2. The standard InChI is InChI=1S/C24H27ClN4O5S2/c1-17-5-6-18(2)23(15-17)29(36(33,34)28(3)4)16-24(30)26-20-11-13-22(14-12-20)35(31,32)27-21-9-7-19(25)8-10-21/h5-15,27H,16H2,1-4H3,(H,26,30). The molecule has 0 spiro atoms. The van der Waals surface area contributed by atoms with E-state index in [0.29, 0.717) is 27.6 Å². The molecule has 3 aromatic carbocycles. The summed E-state index contributed by atoms with van der Waals surface area (Å²) in [5.74, 6) is -0.587. The van der Waals surface area contributed by atoms with Gasteiger partial charge >= 0.3 is 10.2 Å². The van der Waals surface area contributed by atoms with Crippen LogP contribution in [-0.2, 0) is 25.0 Å². The van der Waals surface area contributed by atoms with Crippen LogP contribution in [0.3, 0.4) is 0 Å². The fraction of sp³-hybridized carbons (Fsp3) is 0.208. The topological polar surface area (TPSA) is 116 Å². The Morgan fingerprint density at radius 3 is 2.03 bits per heavy atom. The molecule has 0 aliphatic rings. The molecular formula is C24H27ClN4O5S2. The van der Waals surface area contributed by atoms with E-state index in [1.807, 2.05) is 13.0 Å². The first-order valence-electron chi connectivity index (χ1n) is 10.8. The lowest BCUT2D eigenvalue weighted by atomic mass is 10.1. The number of hydrogen-bond acceptors (Lipinski definition) is 5. The molecule has 0 heterocycles. The van der Waals surface area contributed by atoms with Crippen molar-refractivity contribution in [2.75, 3.05) is 35.0 Å². The normalized spacial score (nSPS) is 11.8. The van der Waals surface area contributed by atoms with Gasteiger partial charge in [0.1, 0.15) is 6.54 Å². The average molecular weight is 551 g/mol. The Hall–Kier alpha value is -3.12. The zero-order valence-corrected chi connectivity index (χ0v) is 22.6. The van der Waals surface area contributed by atoms with Crippen LogP contribution < -0.4 is 14.3 Å². The van der Waals surface area contributed by atoms with E-state index in [-0.39, 0.29) is 4.90 Å². The highest BCUT2D eigenvalue weighted by Gasteiger charge is 2.28. The van der Waals surface area contributed by atoms with Gasteiger partial charge in [-0.3, -0.25) is 9.52 Å². The van der Waals surface area contributed by atoms with Crippen molar-refractivity contribution in [2.24, 2.45) is 0 Å². The summed E-state index contributed by atoms with van der Waals surface area (Å²) in [6.45, 7) is 3.13. The Morgan fingerprint density at radius 1 is 0.861 bits per heavy atom. The smallest absolute Gasteiger partial charge is 0.304 e. The van der Waals surface area contributed by atoms with Crippen molar-refractivity contribution in [2.45, 2.75) is 18.7 Å². The maximum atomic E-state index is 13.0. The van der Waals surface area contributed by atoms with Crippen molar-refractivity contribution in [3.8, 4) is 0 Å². The number of anilines is 3. The van der Waals surface area contributed by atoms with Gasteiger partial charge in [0.2, 0.25) is 5.91 Å². The number of rotatable bonds is 9. The first kappa shape index (κ1) is 27.5. The number of amides is 1. The summed E-state index contributed by atoms with van der Waals surface area (Å²) in [5, 5.41) is 3.11. The van der Waals surface area contributed by atoms with Gasteiger partial charge in [-0.25, -0.2) is 12.7 Å². The second-order valence-electron chi connectivity index (χ2n) is 8.27. The molecule has 2 N–H and O–H groups in total. The van der Waals surface area contributed by atoms with Crippen LogP contribution in [0, 0.1) is 13.8 Å². The largest absolute Gasteiger partial charge is 0.325 e. The molecule has 0 unspecified atom stereocenters. The third-order valence-electron chi connectivity index (χ3n) is 5.21. The number of carbonyl (C=O) groups excluding carboxylic acids is 1. The lowest BCUT2D eigenvalue weighted by molar-refractivity contribution is -0.114. The maximum Gasteiger partial charge on any atom is 0.304 e. The van der Waals surface area contributed by atoms with Gasteiger partial charge in [-0.2, -0.15) is 12.7 Å². The van der Waals surface area contributed by atoms with E-state index in [4.69, 9.17) is 11.6 Å². The molecule has 0 aliphatic heterocycles. The minimum absolute atomic E-state index is 0.0114. The van der Waals surface area contributed by atoms with Crippen molar-refractivity contribution in [3.63, 3.8) is 0 Å². The Kier molecular flexibility index (Phi) is 8.29.